The first kappa shape index (κ1) is 41.1. The average Bonchev–Trinajstić information content (AvgIpc) is 3.02. The number of halogens is 7. The number of aryl methyl sites for hydroxylation is 1. The second kappa shape index (κ2) is 15.9. The third kappa shape index (κ3) is 9.72. The summed E-state index contributed by atoms with van der Waals surface area (Å²) in [5, 5.41) is 13.5. The Balaban J connectivity index is 2.10. The summed E-state index contributed by atoms with van der Waals surface area (Å²) in [5.74, 6) is -1.04. The topological polar surface area (TPSA) is 83.9 Å². The van der Waals surface area contributed by atoms with Crippen molar-refractivity contribution in [2.75, 3.05) is 23.9 Å². The van der Waals surface area contributed by atoms with E-state index in [1.54, 1.807) is 13.0 Å². The molecule has 0 radical (unpaired) electrons. The molecule has 50 heavy (non-hydrogen) atoms. The van der Waals surface area contributed by atoms with Crippen LogP contribution in [-0.2, 0) is 31.4 Å². The van der Waals surface area contributed by atoms with Crippen LogP contribution in [0.3, 0.4) is 0 Å². The second-order valence-corrected chi connectivity index (χ2v) is 15.1. The molecule has 0 saturated heterocycles. The molecule has 2 aromatic carbocycles. The zero-order valence-corrected chi connectivity index (χ0v) is 32.1. The summed E-state index contributed by atoms with van der Waals surface area (Å²) in [6.07, 6.45) is -8.87. The second-order valence-electron chi connectivity index (χ2n) is 13.3. The Labute approximate surface area is 292 Å². The first-order chi connectivity index (χ1) is 23.1. The molecule has 276 valence electrons. The number of anilines is 2. The molecule has 2 N–H and O–H groups in total. The lowest BCUT2D eigenvalue weighted by atomic mass is 9.81. The molecule has 0 aliphatic heterocycles. The molecule has 3 rings (SSSR count). The van der Waals surface area contributed by atoms with Gasteiger partial charge in [-0.05, 0) is 80.3 Å². The van der Waals surface area contributed by atoms with E-state index in [0.717, 1.165) is 4.90 Å². The molecular formula is C34H44F7N3O4Si2. The molecular weight excluding hydrogens is 704 g/mol. The molecule has 1 amide bonds. The maximum absolute atomic E-state index is 14.2. The molecule has 0 saturated carbocycles. The molecule has 0 aliphatic carbocycles. The van der Waals surface area contributed by atoms with Gasteiger partial charge in [-0.3, -0.25) is 4.79 Å². The van der Waals surface area contributed by atoms with Crippen LogP contribution in [0, 0.1) is 18.2 Å². The van der Waals surface area contributed by atoms with Crippen LogP contribution >= 0.6 is 0 Å². The van der Waals surface area contributed by atoms with Crippen molar-refractivity contribution in [3.63, 3.8) is 0 Å². The largest absolute Gasteiger partial charge is 0.416 e. The monoisotopic (exact) mass is 747 g/mol. The molecule has 1 atom stereocenters. The standard InChI is InChI=1S/C34H44F7N3O4Si2/c1-19-11-23(35)9-10-25(19)26-15-28(43-24(18-45)16-31(2,3)30(47-49-7)48-50-8)42-17-27(26)44(6)29(46)32(4,5)20-12-21(33(36,37)38)14-22(13-20)34(39,40)41/h9-15,17,24,30,45H,16,18,49-50H2,1-8H3,(H,42,43). The zero-order chi connectivity index (χ0) is 37.8. The number of aliphatic hydroxyl groups excluding tert-OH is 1. The van der Waals surface area contributed by atoms with Gasteiger partial charge in [0.1, 0.15) is 17.9 Å². The van der Waals surface area contributed by atoms with Crippen molar-refractivity contribution in [2.24, 2.45) is 5.41 Å². The Hall–Kier alpha value is -3.32. The third-order valence-electron chi connectivity index (χ3n) is 8.49. The number of rotatable bonds is 14. The van der Waals surface area contributed by atoms with Crippen LogP contribution in [0.5, 0.6) is 0 Å². The lowest BCUT2D eigenvalue weighted by Gasteiger charge is -2.37. The van der Waals surface area contributed by atoms with Gasteiger partial charge in [0.15, 0.2) is 19.5 Å². The van der Waals surface area contributed by atoms with Crippen LogP contribution in [0.15, 0.2) is 48.7 Å². The number of amides is 1. The highest BCUT2D eigenvalue weighted by Gasteiger charge is 2.41. The van der Waals surface area contributed by atoms with Gasteiger partial charge in [-0.1, -0.05) is 33.0 Å². The van der Waals surface area contributed by atoms with Crippen molar-refractivity contribution in [3.8, 4) is 11.1 Å². The molecule has 16 heteroatoms. The Morgan fingerprint density at radius 1 is 0.900 bits per heavy atom. The van der Waals surface area contributed by atoms with Crippen LogP contribution < -0.4 is 10.2 Å². The van der Waals surface area contributed by atoms with Crippen LogP contribution in [-0.4, -0.2) is 61.5 Å². The van der Waals surface area contributed by atoms with E-state index in [1.165, 1.54) is 45.3 Å². The summed E-state index contributed by atoms with van der Waals surface area (Å²) in [5.41, 5.74) is -4.41. The maximum atomic E-state index is 14.2. The first-order valence-corrected chi connectivity index (χ1v) is 20.0. The molecule has 1 heterocycles. The average molecular weight is 748 g/mol. The van der Waals surface area contributed by atoms with E-state index in [0.29, 0.717) is 41.1 Å². The lowest BCUT2D eigenvalue weighted by Crippen LogP contribution is -2.42. The minimum Gasteiger partial charge on any atom is -0.400 e. The molecule has 7 nitrogen and oxygen atoms in total. The number of aliphatic hydroxyl groups is 1. The number of nitrogens with zero attached hydrogens (tertiary/aromatic N) is 2. The highest BCUT2D eigenvalue weighted by Crippen LogP contribution is 2.41. The lowest BCUT2D eigenvalue weighted by molar-refractivity contribution is -0.143. The summed E-state index contributed by atoms with van der Waals surface area (Å²) in [6.45, 7) is 11.8. The van der Waals surface area contributed by atoms with Gasteiger partial charge >= 0.3 is 12.4 Å². The van der Waals surface area contributed by atoms with Crippen LogP contribution in [0.2, 0.25) is 13.1 Å². The third-order valence-corrected chi connectivity index (χ3v) is 9.76. The van der Waals surface area contributed by atoms with Gasteiger partial charge in [-0.15, -0.1) is 0 Å². The van der Waals surface area contributed by atoms with Crippen LogP contribution in [0.25, 0.3) is 11.1 Å². The maximum Gasteiger partial charge on any atom is 0.416 e. The molecule has 0 spiro atoms. The van der Waals surface area contributed by atoms with Crippen molar-refractivity contribution >= 4 is 36.9 Å². The van der Waals surface area contributed by atoms with Crippen LogP contribution in [0.1, 0.15) is 56.4 Å². The number of aromatic nitrogens is 1. The minimum absolute atomic E-state index is 0.0108. The van der Waals surface area contributed by atoms with E-state index in [9.17, 15) is 40.6 Å². The summed E-state index contributed by atoms with van der Waals surface area (Å²) in [4.78, 5) is 19.6. The number of alkyl halides is 6. The fourth-order valence-corrected chi connectivity index (χ4v) is 7.70. The summed E-state index contributed by atoms with van der Waals surface area (Å²) in [6, 6.07) is 6.17. The Kier molecular flexibility index (Phi) is 13.1. The molecule has 0 aliphatic rings. The van der Waals surface area contributed by atoms with Crippen molar-refractivity contribution in [1.82, 2.24) is 4.98 Å². The van der Waals surface area contributed by atoms with E-state index in [1.807, 2.05) is 26.9 Å². The number of benzene rings is 2. The predicted octanol–water partition coefficient (Wildman–Crippen LogP) is 6.99. The summed E-state index contributed by atoms with van der Waals surface area (Å²) < 4.78 is 108. The van der Waals surface area contributed by atoms with Gasteiger partial charge in [-0.2, -0.15) is 26.3 Å². The van der Waals surface area contributed by atoms with Crippen molar-refractivity contribution in [2.45, 2.75) is 84.2 Å². The van der Waals surface area contributed by atoms with Gasteiger partial charge in [0.25, 0.3) is 0 Å². The van der Waals surface area contributed by atoms with Gasteiger partial charge in [-0.25, -0.2) is 9.37 Å². The number of carbonyl (C=O) groups is 1. The van der Waals surface area contributed by atoms with Crippen molar-refractivity contribution in [3.05, 3.63) is 76.7 Å². The Bertz CT molecular complexity index is 1610. The number of hydrogen-bond acceptors (Lipinski definition) is 6. The number of pyridine rings is 1. The van der Waals surface area contributed by atoms with E-state index in [-0.39, 0.29) is 18.4 Å². The first-order valence-electron chi connectivity index (χ1n) is 16.0. The number of carbonyl (C=O) groups excluding carboxylic acids is 1. The highest BCUT2D eigenvalue weighted by molar-refractivity contribution is 6.26. The van der Waals surface area contributed by atoms with E-state index < -0.39 is 83.5 Å². The van der Waals surface area contributed by atoms with Gasteiger partial charge in [0.2, 0.25) is 5.91 Å². The molecule has 3 aromatic rings. The summed E-state index contributed by atoms with van der Waals surface area (Å²) >= 11 is 0. The van der Waals surface area contributed by atoms with Gasteiger partial charge in [0.05, 0.1) is 41.1 Å². The molecule has 0 fully saturated rings. The van der Waals surface area contributed by atoms with E-state index in [2.05, 4.69) is 10.3 Å². The fourth-order valence-electron chi connectivity index (χ4n) is 5.81. The van der Waals surface area contributed by atoms with Crippen molar-refractivity contribution in [1.29, 1.82) is 0 Å². The molecule has 1 unspecified atom stereocenters. The number of hydrogen-bond donors (Lipinski definition) is 2. The number of nitrogens with one attached hydrogen (secondary N) is 1. The fraction of sp³-hybridized carbons (Fsp3) is 0.471. The minimum atomic E-state index is -5.10. The van der Waals surface area contributed by atoms with E-state index in [4.69, 9.17) is 8.85 Å². The molecule has 0 bridgehead atoms. The summed E-state index contributed by atoms with van der Waals surface area (Å²) in [7, 11) is -0.251. The smallest absolute Gasteiger partial charge is 0.400 e. The Morgan fingerprint density at radius 2 is 1.44 bits per heavy atom. The molecule has 1 aromatic heterocycles. The predicted molar refractivity (Wildman–Crippen MR) is 185 cm³/mol. The zero-order valence-electron chi connectivity index (χ0n) is 29.3. The van der Waals surface area contributed by atoms with Gasteiger partial charge < -0.3 is 24.2 Å². The SMILES string of the molecule is C[SiH2]OC(O[SiH2]C)C(C)(C)CC(CO)Nc1cc(-c2ccc(F)cc2C)c(N(C)C(=O)C(C)(C)c2cc(C(F)(F)F)cc(C(F)(F)F)c2)cn1. The Morgan fingerprint density at radius 3 is 1.92 bits per heavy atom. The quantitative estimate of drug-likeness (QED) is 0.105. The van der Waals surface area contributed by atoms with Gasteiger partial charge in [0, 0.05) is 18.0 Å². The number of likely N-dealkylation sites (N-methyl/N-ethyl adjacent to an activating group) is 1. The van der Waals surface area contributed by atoms with Crippen LogP contribution in [0.4, 0.5) is 42.2 Å². The van der Waals surface area contributed by atoms with Crippen molar-refractivity contribution < 1.29 is 49.5 Å². The normalized spacial score (nSPS) is 14.5. The van der Waals surface area contributed by atoms with E-state index >= 15 is 0 Å². The highest BCUT2D eigenvalue weighted by atomic mass is 28.2.